The Morgan fingerprint density at radius 2 is 1.97 bits per heavy atom. The van der Waals surface area contributed by atoms with Gasteiger partial charge in [-0.1, -0.05) is 49.0 Å². The van der Waals surface area contributed by atoms with E-state index in [0.29, 0.717) is 15.7 Å². The topological polar surface area (TPSA) is 86.1 Å². The van der Waals surface area contributed by atoms with Gasteiger partial charge in [-0.05, 0) is 19.4 Å². The number of carbonyl (C=O) groups is 2. The van der Waals surface area contributed by atoms with Gasteiger partial charge in [0, 0.05) is 17.5 Å². The maximum absolute atomic E-state index is 12.5. The summed E-state index contributed by atoms with van der Waals surface area (Å²) in [7, 11) is 1.87. The van der Waals surface area contributed by atoms with Crippen LogP contribution in [-0.4, -0.2) is 39.0 Å². The molecule has 0 spiro atoms. The smallest absolute Gasteiger partial charge is 0.341 e. The molecule has 3 rings (SSSR count). The second kappa shape index (κ2) is 9.71. The molecule has 2 heterocycles. The van der Waals surface area contributed by atoms with Crippen LogP contribution >= 0.6 is 23.1 Å². The Balaban J connectivity index is 1.66. The lowest BCUT2D eigenvalue weighted by Crippen LogP contribution is -2.16. The Morgan fingerprint density at radius 3 is 2.66 bits per heavy atom. The van der Waals surface area contributed by atoms with E-state index in [4.69, 9.17) is 4.74 Å². The summed E-state index contributed by atoms with van der Waals surface area (Å²) in [6, 6.07) is 11.5. The molecule has 7 nitrogen and oxygen atoms in total. The van der Waals surface area contributed by atoms with Crippen molar-refractivity contribution in [3.63, 3.8) is 0 Å². The van der Waals surface area contributed by atoms with Gasteiger partial charge in [0.05, 0.1) is 17.9 Å². The number of aromatic nitrogens is 3. The Labute approximate surface area is 177 Å². The molecule has 1 N–H and O–H groups in total. The molecule has 0 aliphatic heterocycles. The number of hydrogen-bond donors (Lipinski definition) is 1. The normalized spacial score (nSPS) is 10.7. The minimum atomic E-state index is -0.424. The van der Waals surface area contributed by atoms with Crippen LogP contribution in [-0.2, 0) is 23.0 Å². The summed E-state index contributed by atoms with van der Waals surface area (Å²) in [6.45, 7) is 4.04. The fraction of sp³-hybridized carbons (Fsp3) is 0.300. The van der Waals surface area contributed by atoms with Crippen LogP contribution < -0.4 is 5.32 Å². The number of thioether (sulfide) groups is 1. The molecule has 0 saturated heterocycles. The Hall–Kier alpha value is -2.65. The zero-order valence-corrected chi connectivity index (χ0v) is 18.1. The highest BCUT2D eigenvalue weighted by molar-refractivity contribution is 7.99. The number of rotatable bonds is 8. The summed E-state index contributed by atoms with van der Waals surface area (Å²) in [4.78, 5) is 25.6. The number of benzene rings is 1. The van der Waals surface area contributed by atoms with Gasteiger partial charge in [0.15, 0.2) is 11.0 Å². The maximum atomic E-state index is 12.5. The quantitative estimate of drug-likeness (QED) is 0.429. The Kier molecular flexibility index (Phi) is 7.05. The van der Waals surface area contributed by atoms with Crippen molar-refractivity contribution < 1.29 is 14.3 Å². The summed E-state index contributed by atoms with van der Waals surface area (Å²) in [6.07, 6.45) is 0.781. The fourth-order valence-corrected chi connectivity index (χ4v) is 4.35. The lowest BCUT2D eigenvalue weighted by Gasteiger charge is -2.06. The number of aryl methyl sites for hydroxylation is 1. The van der Waals surface area contributed by atoms with E-state index in [0.717, 1.165) is 22.7 Å². The van der Waals surface area contributed by atoms with Crippen molar-refractivity contribution in [3.05, 3.63) is 46.8 Å². The lowest BCUT2D eigenvalue weighted by molar-refractivity contribution is -0.113. The first kappa shape index (κ1) is 21.1. The average Bonchev–Trinajstić information content (AvgIpc) is 3.30. The molecule has 3 aromatic rings. The molecule has 0 aliphatic carbocycles. The van der Waals surface area contributed by atoms with Crippen molar-refractivity contribution in [1.29, 1.82) is 0 Å². The second-order valence-electron chi connectivity index (χ2n) is 6.10. The van der Waals surface area contributed by atoms with E-state index in [2.05, 4.69) is 15.5 Å². The summed E-state index contributed by atoms with van der Waals surface area (Å²) < 4.78 is 6.95. The highest BCUT2D eigenvalue weighted by Crippen LogP contribution is 2.30. The van der Waals surface area contributed by atoms with Crippen LogP contribution in [0.1, 0.15) is 29.1 Å². The van der Waals surface area contributed by atoms with Crippen LogP contribution in [0.25, 0.3) is 11.4 Å². The van der Waals surface area contributed by atoms with E-state index >= 15 is 0 Å². The van der Waals surface area contributed by atoms with Gasteiger partial charge < -0.3 is 14.6 Å². The van der Waals surface area contributed by atoms with Gasteiger partial charge in [-0.2, -0.15) is 0 Å². The van der Waals surface area contributed by atoms with Crippen molar-refractivity contribution in [3.8, 4) is 11.4 Å². The molecule has 152 valence electrons. The van der Waals surface area contributed by atoms with Crippen molar-refractivity contribution in [2.75, 3.05) is 17.7 Å². The highest BCUT2D eigenvalue weighted by Gasteiger charge is 2.19. The number of anilines is 1. The van der Waals surface area contributed by atoms with Gasteiger partial charge in [-0.25, -0.2) is 4.79 Å². The molecule has 0 atom stereocenters. The number of thiophene rings is 1. The maximum Gasteiger partial charge on any atom is 0.341 e. The fourth-order valence-electron chi connectivity index (χ4n) is 2.64. The van der Waals surface area contributed by atoms with Crippen LogP contribution in [0.5, 0.6) is 0 Å². The van der Waals surface area contributed by atoms with Gasteiger partial charge >= 0.3 is 5.97 Å². The van der Waals surface area contributed by atoms with Gasteiger partial charge in [0.1, 0.15) is 5.00 Å². The van der Waals surface area contributed by atoms with Crippen molar-refractivity contribution in [2.24, 2.45) is 7.05 Å². The first-order chi connectivity index (χ1) is 14.0. The minimum absolute atomic E-state index is 0.155. The van der Waals surface area contributed by atoms with Gasteiger partial charge in [-0.3, -0.25) is 4.79 Å². The van der Waals surface area contributed by atoms with E-state index in [9.17, 15) is 9.59 Å². The van der Waals surface area contributed by atoms with Gasteiger partial charge in [0.25, 0.3) is 0 Å². The molecule has 0 bridgehead atoms. The number of nitrogens with one attached hydrogen (secondary N) is 1. The summed E-state index contributed by atoms with van der Waals surface area (Å²) in [5.41, 5.74) is 1.36. The molecule has 2 aromatic heterocycles. The largest absolute Gasteiger partial charge is 0.462 e. The molecule has 29 heavy (non-hydrogen) atoms. The SMILES string of the molecule is CCOC(=O)c1cc(CC)sc1NC(=O)CSc1nnc(-c2ccccc2)n1C. The third-order valence-electron chi connectivity index (χ3n) is 4.08. The molecule has 0 saturated carbocycles. The number of carbonyl (C=O) groups excluding carboxylic acids is 2. The molecule has 0 unspecified atom stereocenters. The van der Waals surface area contributed by atoms with Crippen LogP contribution in [0, 0.1) is 0 Å². The number of nitrogens with zero attached hydrogens (tertiary/aromatic N) is 3. The van der Waals surface area contributed by atoms with Crippen LogP contribution in [0.2, 0.25) is 0 Å². The third kappa shape index (κ3) is 5.04. The van der Waals surface area contributed by atoms with Crippen molar-refractivity contribution in [1.82, 2.24) is 14.8 Å². The van der Waals surface area contributed by atoms with Crippen LogP contribution in [0.3, 0.4) is 0 Å². The molecule has 1 aromatic carbocycles. The number of ether oxygens (including phenoxy) is 1. The highest BCUT2D eigenvalue weighted by atomic mass is 32.2. The number of amides is 1. The second-order valence-corrected chi connectivity index (χ2v) is 8.18. The number of hydrogen-bond acceptors (Lipinski definition) is 7. The van der Waals surface area contributed by atoms with E-state index in [1.54, 1.807) is 13.0 Å². The van der Waals surface area contributed by atoms with E-state index in [1.165, 1.54) is 23.1 Å². The van der Waals surface area contributed by atoms with Gasteiger partial charge in [0.2, 0.25) is 5.91 Å². The van der Waals surface area contributed by atoms with E-state index in [-0.39, 0.29) is 18.3 Å². The summed E-state index contributed by atoms with van der Waals surface area (Å²) in [5.74, 6) is 0.257. The molecular formula is C20H22N4O3S2. The van der Waals surface area contributed by atoms with E-state index in [1.807, 2.05) is 48.9 Å². The Morgan fingerprint density at radius 1 is 1.21 bits per heavy atom. The monoisotopic (exact) mass is 430 g/mol. The third-order valence-corrected chi connectivity index (χ3v) is 6.29. The zero-order chi connectivity index (χ0) is 20.8. The summed E-state index contributed by atoms with van der Waals surface area (Å²) >= 11 is 2.69. The predicted octanol–water partition coefficient (Wildman–Crippen LogP) is 4.01. The molecule has 0 radical (unpaired) electrons. The van der Waals surface area contributed by atoms with Crippen molar-refractivity contribution in [2.45, 2.75) is 25.4 Å². The summed E-state index contributed by atoms with van der Waals surface area (Å²) in [5, 5.41) is 12.4. The first-order valence-corrected chi connectivity index (χ1v) is 11.0. The lowest BCUT2D eigenvalue weighted by atomic mass is 10.2. The molecule has 1 amide bonds. The first-order valence-electron chi connectivity index (χ1n) is 9.20. The Bertz CT molecular complexity index is 999. The molecule has 9 heteroatoms. The minimum Gasteiger partial charge on any atom is -0.462 e. The predicted molar refractivity (Wildman–Crippen MR) is 115 cm³/mol. The average molecular weight is 431 g/mol. The zero-order valence-electron chi connectivity index (χ0n) is 16.5. The number of esters is 1. The molecule has 0 fully saturated rings. The van der Waals surface area contributed by atoms with Crippen LogP contribution in [0.15, 0.2) is 41.6 Å². The molecular weight excluding hydrogens is 408 g/mol. The van der Waals surface area contributed by atoms with Gasteiger partial charge in [-0.15, -0.1) is 21.5 Å². The van der Waals surface area contributed by atoms with Crippen molar-refractivity contribution >= 4 is 40.0 Å². The standard InChI is InChI=1S/C20H22N4O3S2/c1-4-14-11-15(19(26)27-5-2)18(29-14)21-16(25)12-28-20-23-22-17(24(20)3)13-9-7-6-8-10-13/h6-11H,4-5,12H2,1-3H3,(H,21,25). The van der Waals surface area contributed by atoms with Crippen LogP contribution in [0.4, 0.5) is 5.00 Å². The molecule has 0 aliphatic rings. The van der Waals surface area contributed by atoms with E-state index < -0.39 is 5.97 Å².